The number of hydrogen-bond acceptors (Lipinski definition) is 5. The number of aromatic amines is 1. The predicted octanol–water partition coefficient (Wildman–Crippen LogP) is 2.79. The first kappa shape index (κ1) is 21.9. The van der Waals surface area contributed by atoms with Gasteiger partial charge in [-0.1, -0.05) is 25.0 Å². The Labute approximate surface area is 176 Å². The van der Waals surface area contributed by atoms with Crippen LogP contribution >= 0.6 is 0 Å². The van der Waals surface area contributed by atoms with E-state index in [1.165, 1.54) is 6.07 Å². The van der Waals surface area contributed by atoms with Crippen LogP contribution in [0.1, 0.15) is 44.2 Å². The van der Waals surface area contributed by atoms with Gasteiger partial charge in [-0.3, -0.25) is 15.1 Å². The van der Waals surface area contributed by atoms with Crippen LogP contribution in [0, 0.1) is 18.8 Å². The van der Waals surface area contributed by atoms with Crippen LogP contribution in [0.3, 0.4) is 0 Å². The molecular formula is C21H31N5O4. The standard InChI is InChI=1S/C21H31N5O4/c1-14-11-18(27)24-19(23-14)25-20(28)22-9-5-3-4-6-10-26(2)21(29)30-17-13-15-7-8-16(17)12-15/h7-8,11,15-17H,3-6,9-10,12-13H2,1-2H3,(H3,22,23,24,25,27,28)/t15-,16+,17?/m0/s1. The first-order valence-corrected chi connectivity index (χ1v) is 10.6. The van der Waals surface area contributed by atoms with Gasteiger partial charge in [0.15, 0.2) is 0 Å². The van der Waals surface area contributed by atoms with Crippen LogP contribution in [-0.2, 0) is 4.74 Å². The molecule has 1 unspecified atom stereocenters. The smallest absolute Gasteiger partial charge is 0.409 e. The van der Waals surface area contributed by atoms with E-state index in [2.05, 4.69) is 32.8 Å². The lowest BCUT2D eigenvalue weighted by Gasteiger charge is -2.23. The minimum Gasteiger partial charge on any atom is -0.445 e. The van der Waals surface area contributed by atoms with Crippen molar-refractivity contribution >= 4 is 18.1 Å². The molecule has 9 heteroatoms. The second-order valence-electron chi connectivity index (χ2n) is 8.15. The van der Waals surface area contributed by atoms with Crippen molar-refractivity contribution in [1.29, 1.82) is 0 Å². The fourth-order valence-corrected chi connectivity index (χ4v) is 4.00. The van der Waals surface area contributed by atoms with Gasteiger partial charge < -0.3 is 15.0 Å². The van der Waals surface area contributed by atoms with Crippen molar-refractivity contribution in [3.05, 3.63) is 34.3 Å². The minimum atomic E-state index is -0.401. The summed E-state index contributed by atoms with van der Waals surface area (Å²) in [6.07, 6.45) is 9.92. The SMILES string of the molecule is Cc1cc(=O)[nH]c(NC(=O)NCCCCCCN(C)C(=O)OC2C[C@H]3C=C[C@@H]2C3)n1. The van der Waals surface area contributed by atoms with Gasteiger partial charge in [0.2, 0.25) is 5.95 Å². The van der Waals surface area contributed by atoms with Gasteiger partial charge in [0.25, 0.3) is 5.56 Å². The number of nitrogens with one attached hydrogen (secondary N) is 3. The highest BCUT2D eigenvalue weighted by molar-refractivity contribution is 5.87. The van der Waals surface area contributed by atoms with Gasteiger partial charge >= 0.3 is 12.1 Å². The summed E-state index contributed by atoms with van der Waals surface area (Å²) in [5.74, 6) is 1.12. The number of rotatable bonds is 9. The Hall–Kier alpha value is -2.84. The number of hydrogen-bond donors (Lipinski definition) is 3. The summed E-state index contributed by atoms with van der Waals surface area (Å²) in [7, 11) is 1.78. The van der Waals surface area contributed by atoms with Crippen LogP contribution < -0.4 is 16.2 Å². The van der Waals surface area contributed by atoms with Crippen LogP contribution in [0.25, 0.3) is 0 Å². The fourth-order valence-electron chi connectivity index (χ4n) is 4.00. The van der Waals surface area contributed by atoms with E-state index in [4.69, 9.17) is 4.74 Å². The minimum absolute atomic E-state index is 0.0417. The van der Waals surface area contributed by atoms with Crippen molar-refractivity contribution in [2.75, 3.05) is 25.5 Å². The Balaban J connectivity index is 1.21. The molecule has 3 N–H and O–H groups in total. The normalized spacial score (nSPS) is 21.5. The highest BCUT2D eigenvalue weighted by Crippen LogP contribution is 2.40. The second kappa shape index (κ2) is 10.3. The molecule has 0 saturated heterocycles. The highest BCUT2D eigenvalue weighted by Gasteiger charge is 2.38. The first-order chi connectivity index (χ1) is 14.4. The summed E-state index contributed by atoms with van der Waals surface area (Å²) >= 11 is 0. The molecule has 1 heterocycles. The van der Waals surface area contributed by atoms with Gasteiger partial charge in [0.05, 0.1) is 0 Å². The van der Waals surface area contributed by atoms with E-state index in [0.29, 0.717) is 30.6 Å². The maximum absolute atomic E-state index is 12.2. The van der Waals surface area contributed by atoms with Gasteiger partial charge in [-0.05, 0) is 38.5 Å². The van der Waals surface area contributed by atoms with Gasteiger partial charge in [-0.25, -0.2) is 14.6 Å². The maximum atomic E-state index is 12.2. The number of nitrogens with zero attached hydrogens (tertiary/aromatic N) is 2. The molecule has 0 spiro atoms. The number of allylic oxidation sites excluding steroid dienone is 1. The number of anilines is 1. The number of carbonyl (C=O) groups is 2. The van der Waals surface area contributed by atoms with E-state index in [0.717, 1.165) is 38.5 Å². The van der Waals surface area contributed by atoms with E-state index < -0.39 is 6.03 Å². The van der Waals surface area contributed by atoms with Crippen LogP contribution in [0.15, 0.2) is 23.0 Å². The van der Waals surface area contributed by atoms with E-state index >= 15 is 0 Å². The van der Waals surface area contributed by atoms with Crippen molar-refractivity contribution in [2.24, 2.45) is 11.8 Å². The van der Waals surface area contributed by atoms with Crippen molar-refractivity contribution < 1.29 is 14.3 Å². The lowest BCUT2D eigenvalue weighted by molar-refractivity contribution is 0.0572. The van der Waals surface area contributed by atoms with Crippen molar-refractivity contribution in [1.82, 2.24) is 20.2 Å². The molecule has 3 amide bonds. The molecule has 3 atom stereocenters. The van der Waals surface area contributed by atoms with Crippen molar-refractivity contribution in [3.8, 4) is 0 Å². The van der Waals surface area contributed by atoms with E-state index in [1.807, 2.05) is 0 Å². The molecule has 1 saturated carbocycles. The third-order valence-electron chi connectivity index (χ3n) is 5.59. The molecule has 30 heavy (non-hydrogen) atoms. The third-order valence-corrected chi connectivity index (χ3v) is 5.59. The molecule has 1 aromatic heterocycles. The maximum Gasteiger partial charge on any atom is 0.409 e. The van der Waals surface area contributed by atoms with Gasteiger partial charge in [0.1, 0.15) is 6.10 Å². The molecule has 3 rings (SSSR count). The van der Waals surface area contributed by atoms with Gasteiger partial charge in [0, 0.05) is 37.8 Å². The Bertz CT molecular complexity index is 837. The Morgan fingerprint density at radius 3 is 2.73 bits per heavy atom. The molecular weight excluding hydrogens is 386 g/mol. The molecule has 0 aromatic carbocycles. The Kier molecular flexibility index (Phi) is 7.48. The molecule has 1 aromatic rings. The van der Waals surface area contributed by atoms with Gasteiger partial charge in [-0.2, -0.15) is 0 Å². The average molecular weight is 418 g/mol. The third kappa shape index (κ3) is 6.33. The lowest BCUT2D eigenvalue weighted by Crippen LogP contribution is -2.33. The van der Waals surface area contributed by atoms with E-state index in [1.54, 1.807) is 18.9 Å². The number of unbranched alkanes of at least 4 members (excludes halogenated alkanes) is 3. The molecule has 2 aliphatic carbocycles. The highest BCUT2D eigenvalue weighted by atomic mass is 16.6. The lowest BCUT2D eigenvalue weighted by atomic mass is 10.1. The number of aromatic nitrogens is 2. The second-order valence-corrected chi connectivity index (χ2v) is 8.15. The van der Waals surface area contributed by atoms with Crippen LogP contribution in [0.5, 0.6) is 0 Å². The molecule has 164 valence electrons. The Morgan fingerprint density at radius 2 is 2.03 bits per heavy atom. The molecule has 0 aliphatic heterocycles. The summed E-state index contributed by atoms with van der Waals surface area (Å²) in [6, 6.07) is 0.956. The molecule has 9 nitrogen and oxygen atoms in total. The summed E-state index contributed by atoms with van der Waals surface area (Å²) in [4.78, 5) is 43.6. The first-order valence-electron chi connectivity index (χ1n) is 10.6. The predicted molar refractivity (Wildman–Crippen MR) is 113 cm³/mol. The number of amides is 3. The van der Waals surface area contributed by atoms with Crippen molar-refractivity contribution in [3.63, 3.8) is 0 Å². The monoisotopic (exact) mass is 417 g/mol. The summed E-state index contributed by atoms with van der Waals surface area (Å²) in [5.41, 5.74) is 0.231. The number of urea groups is 1. The number of carbonyl (C=O) groups excluding carboxylic acids is 2. The van der Waals surface area contributed by atoms with E-state index in [-0.39, 0.29) is 23.7 Å². The summed E-state index contributed by atoms with van der Waals surface area (Å²) < 4.78 is 5.65. The molecule has 1 fully saturated rings. The largest absolute Gasteiger partial charge is 0.445 e. The zero-order valence-corrected chi connectivity index (χ0v) is 17.6. The van der Waals surface area contributed by atoms with Gasteiger partial charge in [-0.15, -0.1) is 0 Å². The van der Waals surface area contributed by atoms with Crippen molar-refractivity contribution in [2.45, 2.75) is 51.6 Å². The summed E-state index contributed by atoms with van der Waals surface area (Å²) in [6.45, 7) is 2.87. The fraction of sp³-hybridized carbons (Fsp3) is 0.619. The molecule has 2 aliphatic rings. The quantitative estimate of drug-likeness (QED) is 0.422. The zero-order valence-electron chi connectivity index (χ0n) is 17.6. The van der Waals surface area contributed by atoms with Crippen LogP contribution in [0.2, 0.25) is 0 Å². The zero-order chi connectivity index (χ0) is 21.5. The number of ether oxygens (including phenoxy) is 1. The number of H-pyrrole nitrogens is 1. The summed E-state index contributed by atoms with van der Waals surface area (Å²) in [5, 5.41) is 5.25. The topological polar surface area (TPSA) is 116 Å². The average Bonchev–Trinajstić information content (AvgIpc) is 3.29. The van der Waals surface area contributed by atoms with Crippen LogP contribution in [0.4, 0.5) is 15.5 Å². The van der Waals surface area contributed by atoms with Crippen LogP contribution in [-0.4, -0.2) is 53.2 Å². The number of aryl methyl sites for hydroxylation is 1. The van der Waals surface area contributed by atoms with E-state index in [9.17, 15) is 14.4 Å². The Morgan fingerprint density at radius 1 is 1.23 bits per heavy atom. The number of fused-ring (bicyclic) bond motifs is 2. The molecule has 2 bridgehead atoms. The molecule has 0 radical (unpaired) electrons.